The molecule has 0 saturated carbocycles. The maximum atomic E-state index is 5.86. The summed E-state index contributed by atoms with van der Waals surface area (Å²) in [6, 6.07) is 10.1. The van der Waals surface area contributed by atoms with Crippen LogP contribution in [0.15, 0.2) is 41.7 Å². The zero-order chi connectivity index (χ0) is 13.2. The monoisotopic (exact) mass is 289 g/mol. The van der Waals surface area contributed by atoms with Gasteiger partial charge in [0.2, 0.25) is 0 Å². The summed E-state index contributed by atoms with van der Waals surface area (Å²) in [4.78, 5) is 11.8. The fourth-order valence-electron chi connectivity index (χ4n) is 1.85. The molecule has 2 heterocycles. The molecule has 2 aromatic heterocycles. The number of aryl methyl sites for hydroxylation is 1. The quantitative estimate of drug-likeness (QED) is 0.580. The smallest absolute Gasteiger partial charge is 0.166 e. The fraction of sp³-hybridized carbons (Fsp3) is 0.143. The second kappa shape index (κ2) is 5.23. The number of aromatic amines is 1. The maximum absolute atomic E-state index is 5.86. The van der Waals surface area contributed by atoms with Gasteiger partial charge < -0.3 is 4.98 Å². The first kappa shape index (κ1) is 12.5. The van der Waals surface area contributed by atoms with Crippen LogP contribution in [0.2, 0.25) is 5.15 Å². The number of halogens is 1. The molecule has 0 saturated heterocycles. The Hall–Kier alpha value is -1.52. The summed E-state index contributed by atoms with van der Waals surface area (Å²) >= 11 is 7.53. The molecule has 0 aliphatic heterocycles. The first-order chi connectivity index (χ1) is 9.20. The van der Waals surface area contributed by atoms with Gasteiger partial charge in [0.15, 0.2) is 5.16 Å². The molecule has 0 bridgehead atoms. The Morgan fingerprint density at radius 1 is 1.26 bits per heavy atom. The van der Waals surface area contributed by atoms with E-state index in [0.717, 1.165) is 27.5 Å². The van der Waals surface area contributed by atoms with Crippen LogP contribution in [-0.2, 0) is 5.75 Å². The predicted molar refractivity (Wildman–Crippen MR) is 79.6 cm³/mol. The Kier molecular flexibility index (Phi) is 3.44. The predicted octanol–water partition coefficient (Wildman–Crippen LogP) is 4.21. The first-order valence-corrected chi connectivity index (χ1v) is 7.27. The van der Waals surface area contributed by atoms with Crippen LogP contribution in [0.4, 0.5) is 0 Å². The molecule has 0 spiro atoms. The van der Waals surface area contributed by atoms with Crippen molar-refractivity contribution in [2.75, 3.05) is 0 Å². The van der Waals surface area contributed by atoms with E-state index in [1.165, 1.54) is 5.56 Å². The van der Waals surface area contributed by atoms with Crippen LogP contribution in [-0.4, -0.2) is 15.0 Å². The lowest BCUT2D eigenvalue weighted by atomic mass is 10.2. The summed E-state index contributed by atoms with van der Waals surface area (Å²) in [5.74, 6) is 0.820. The number of hydrogen-bond donors (Lipinski definition) is 1. The molecule has 3 rings (SSSR count). The molecule has 0 aliphatic rings. The number of rotatable bonds is 3. The Morgan fingerprint density at radius 2 is 2.16 bits per heavy atom. The maximum Gasteiger partial charge on any atom is 0.166 e. The number of benzene rings is 1. The van der Waals surface area contributed by atoms with Crippen molar-refractivity contribution < 1.29 is 0 Å². The number of pyridine rings is 1. The van der Waals surface area contributed by atoms with Crippen LogP contribution in [0.1, 0.15) is 11.1 Å². The van der Waals surface area contributed by atoms with Crippen molar-refractivity contribution in [1.82, 2.24) is 15.0 Å². The molecule has 19 heavy (non-hydrogen) atoms. The minimum atomic E-state index is 0.526. The van der Waals surface area contributed by atoms with E-state index in [9.17, 15) is 0 Å². The molecule has 0 unspecified atom stereocenters. The van der Waals surface area contributed by atoms with Gasteiger partial charge >= 0.3 is 0 Å². The molecule has 3 nitrogen and oxygen atoms in total. The van der Waals surface area contributed by atoms with Crippen LogP contribution in [0.3, 0.4) is 0 Å². The van der Waals surface area contributed by atoms with E-state index in [2.05, 4.69) is 34.0 Å². The standard InChI is InChI=1S/C14H12ClN3S/c1-9-2-3-11-12(6-9)18-14(17-11)19-8-10-4-5-16-13(15)7-10/h2-7H,8H2,1H3,(H,17,18). The van der Waals surface area contributed by atoms with Crippen molar-refractivity contribution in [2.45, 2.75) is 17.8 Å². The van der Waals surface area contributed by atoms with E-state index in [1.807, 2.05) is 18.2 Å². The van der Waals surface area contributed by atoms with Crippen LogP contribution in [0.5, 0.6) is 0 Å². The van der Waals surface area contributed by atoms with Gasteiger partial charge in [-0.15, -0.1) is 0 Å². The largest absolute Gasteiger partial charge is 0.333 e. The second-order valence-corrected chi connectivity index (χ2v) is 5.69. The highest BCUT2D eigenvalue weighted by molar-refractivity contribution is 7.98. The molecule has 0 aliphatic carbocycles. The van der Waals surface area contributed by atoms with E-state index < -0.39 is 0 Å². The van der Waals surface area contributed by atoms with Gasteiger partial charge in [-0.1, -0.05) is 29.4 Å². The number of hydrogen-bond acceptors (Lipinski definition) is 3. The van der Waals surface area contributed by atoms with Crippen molar-refractivity contribution in [2.24, 2.45) is 0 Å². The van der Waals surface area contributed by atoms with Gasteiger partial charge in [-0.2, -0.15) is 0 Å². The normalized spacial score (nSPS) is 11.1. The van der Waals surface area contributed by atoms with E-state index in [0.29, 0.717) is 5.15 Å². The number of imidazole rings is 1. The van der Waals surface area contributed by atoms with Crippen LogP contribution in [0.25, 0.3) is 11.0 Å². The third kappa shape index (κ3) is 2.91. The minimum absolute atomic E-state index is 0.526. The summed E-state index contributed by atoms with van der Waals surface area (Å²) in [5, 5.41) is 1.45. The van der Waals surface area contributed by atoms with E-state index in [-0.39, 0.29) is 0 Å². The number of nitrogens with zero attached hydrogens (tertiary/aromatic N) is 2. The van der Waals surface area contributed by atoms with Gasteiger partial charge in [0.05, 0.1) is 11.0 Å². The molecule has 0 amide bonds. The van der Waals surface area contributed by atoms with Crippen LogP contribution < -0.4 is 0 Å². The van der Waals surface area contributed by atoms with Crippen molar-refractivity contribution >= 4 is 34.4 Å². The molecule has 3 aromatic rings. The van der Waals surface area contributed by atoms with Gasteiger partial charge in [0.25, 0.3) is 0 Å². The summed E-state index contributed by atoms with van der Waals surface area (Å²) < 4.78 is 0. The highest BCUT2D eigenvalue weighted by Gasteiger charge is 2.04. The third-order valence-electron chi connectivity index (χ3n) is 2.78. The van der Waals surface area contributed by atoms with Crippen molar-refractivity contribution in [3.63, 3.8) is 0 Å². The lowest BCUT2D eigenvalue weighted by molar-refractivity contribution is 1.08. The van der Waals surface area contributed by atoms with E-state index in [4.69, 9.17) is 11.6 Å². The Morgan fingerprint density at radius 3 is 3.00 bits per heavy atom. The molecule has 5 heteroatoms. The number of nitrogens with one attached hydrogen (secondary N) is 1. The average Bonchev–Trinajstić information content (AvgIpc) is 2.78. The number of fused-ring (bicyclic) bond motifs is 1. The van der Waals surface area contributed by atoms with Crippen LogP contribution >= 0.6 is 23.4 Å². The number of H-pyrrole nitrogens is 1. The lowest BCUT2D eigenvalue weighted by Gasteiger charge is -1.98. The summed E-state index contributed by atoms with van der Waals surface area (Å²) in [7, 11) is 0. The Labute approximate surface area is 120 Å². The van der Waals surface area contributed by atoms with E-state index >= 15 is 0 Å². The summed E-state index contributed by atoms with van der Waals surface area (Å²) in [6.45, 7) is 2.08. The lowest BCUT2D eigenvalue weighted by Crippen LogP contribution is -1.83. The third-order valence-corrected chi connectivity index (χ3v) is 3.93. The molecule has 96 valence electrons. The van der Waals surface area contributed by atoms with Gasteiger partial charge in [0.1, 0.15) is 5.15 Å². The zero-order valence-corrected chi connectivity index (χ0v) is 11.9. The SMILES string of the molecule is Cc1ccc2nc(SCc3ccnc(Cl)c3)[nH]c2c1. The molecule has 0 atom stereocenters. The number of thioether (sulfide) groups is 1. The molecule has 1 N–H and O–H groups in total. The highest BCUT2D eigenvalue weighted by Crippen LogP contribution is 2.24. The second-order valence-electron chi connectivity index (χ2n) is 4.34. The Balaban J connectivity index is 1.78. The van der Waals surface area contributed by atoms with Gasteiger partial charge in [-0.25, -0.2) is 9.97 Å². The van der Waals surface area contributed by atoms with E-state index in [1.54, 1.807) is 18.0 Å². The minimum Gasteiger partial charge on any atom is -0.333 e. The van der Waals surface area contributed by atoms with Crippen molar-refractivity contribution in [3.05, 3.63) is 52.8 Å². The van der Waals surface area contributed by atoms with Crippen LogP contribution in [0, 0.1) is 6.92 Å². The van der Waals surface area contributed by atoms with Crippen molar-refractivity contribution in [3.8, 4) is 0 Å². The van der Waals surface area contributed by atoms with Gasteiger partial charge in [0, 0.05) is 11.9 Å². The molecule has 1 aromatic carbocycles. The average molecular weight is 290 g/mol. The summed E-state index contributed by atoms with van der Waals surface area (Å²) in [6.07, 6.45) is 1.72. The van der Waals surface area contributed by atoms with Crippen molar-refractivity contribution in [1.29, 1.82) is 0 Å². The summed E-state index contributed by atoms with van der Waals surface area (Å²) in [5.41, 5.74) is 4.45. The first-order valence-electron chi connectivity index (χ1n) is 5.90. The highest BCUT2D eigenvalue weighted by atomic mass is 35.5. The molecule has 0 fully saturated rings. The van der Waals surface area contributed by atoms with Gasteiger partial charge in [-0.05, 0) is 42.3 Å². The fourth-order valence-corrected chi connectivity index (χ4v) is 2.88. The molecular weight excluding hydrogens is 278 g/mol. The Bertz CT molecular complexity index is 724. The molecular formula is C14H12ClN3S. The number of aromatic nitrogens is 3. The van der Waals surface area contributed by atoms with Gasteiger partial charge in [-0.3, -0.25) is 0 Å². The zero-order valence-electron chi connectivity index (χ0n) is 10.4. The topological polar surface area (TPSA) is 41.6 Å². The molecule has 0 radical (unpaired) electrons.